The fraction of sp³-hybridized carbons (Fsp3) is 0.222. The third-order valence-electron chi connectivity index (χ3n) is 3.40. The van der Waals surface area contributed by atoms with E-state index < -0.39 is 0 Å². The monoisotopic (exact) mass is 280 g/mol. The standard InChI is InChI=1S/C18H20N2O/c1-3-14(2)19-20-18(21)17(15-10-6-4-7-11-15)16-12-8-5-9-13-16/h4-13,17H,3H2,1-2H3,(H,20,21)/b19-14-. The number of rotatable bonds is 5. The first-order chi connectivity index (χ1) is 10.2. The molecule has 2 aromatic rings. The Morgan fingerprint density at radius 2 is 1.48 bits per heavy atom. The van der Waals surface area contributed by atoms with Crippen molar-refractivity contribution in [2.24, 2.45) is 5.10 Å². The van der Waals surface area contributed by atoms with Gasteiger partial charge in [0.1, 0.15) is 0 Å². The predicted molar refractivity (Wildman–Crippen MR) is 86.3 cm³/mol. The van der Waals surface area contributed by atoms with Crippen molar-refractivity contribution in [3.63, 3.8) is 0 Å². The molecule has 0 spiro atoms. The summed E-state index contributed by atoms with van der Waals surface area (Å²) in [6.07, 6.45) is 0.821. The SMILES string of the molecule is CC/C(C)=N\NC(=O)C(c1ccccc1)c1ccccc1. The van der Waals surface area contributed by atoms with Gasteiger partial charge in [0, 0.05) is 5.71 Å². The molecule has 0 aliphatic rings. The fourth-order valence-corrected chi connectivity index (χ4v) is 2.08. The van der Waals surface area contributed by atoms with Crippen molar-refractivity contribution in [2.45, 2.75) is 26.2 Å². The number of amides is 1. The smallest absolute Gasteiger partial charge is 0.252 e. The highest BCUT2D eigenvalue weighted by molar-refractivity contribution is 5.89. The first-order valence-electron chi connectivity index (χ1n) is 7.15. The largest absolute Gasteiger partial charge is 0.272 e. The fourth-order valence-electron chi connectivity index (χ4n) is 2.08. The van der Waals surface area contributed by atoms with Crippen LogP contribution in [0.4, 0.5) is 0 Å². The van der Waals surface area contributed by atoms with E-state index in [1.165, 1.54) is 0 Å². The van der Waals surface area contributed by atoms with Gasteiger partial charge in [0.15, 0.2) is 0 Å². The first-order valence-corrected chi connectivity index (χ1v) is 7.15. The molecule has 0 bridgehead atoms. The molecule has 0 unspecified atom stereocenters. The van der Waals surface area contributed by atoms with Crippen molar-refractivity contribution < 1.29 is 4.79 Å². The van der Waals surface area contributed by atoms with E-state index in [2.05, 4.69) is 10.5 Å². The lowest BCUT2D eigenvalue weighted by Crippen LogP contribution is -2.27. The minimum atomic E-state index is -0.346. The number of carbonyl (C=O) groups excluding carboxylic acids is 1. The Morgan fingerprint density at radius 3 is 1.90 bits per heavy atom. The average Bonchev–Trinajstić information content (AvgIpc) is 2.55. The van der Waals surface area contributed by atoms with Crippen molar-refractivity contribution in [3.05, 3.63) is 71.8 Å². The van der Waals surface area contributed by atoms with Crippen LogP contribution in [0.1, 0.15) is 37.3 Å². The summed E-state index contributed by atoms with van der Waals surface area (Å²) in [5.41, 5.74) is 5.51. The van der Waals surface area contributed by atoms with Gasteiger partial charge in [0.05, 0.1) is 5.92 Å². The second kappa shape index (κ2) is 7.39. The Hall–Kier alpha value is -2.42. The summed E-state index contributed by atoms with van der Waals surface area (Å²) in [7, 11) is 0. The van der Waals surface area contributed by atoms with Crippen LogP contribution >= 0.6 is 0 Å². The second-order valence-corrected chi connectivity index (χ2v) is 4.93. The summed E-state index contributed by atoms with van der Waals surface area (Å²) in [5, 5.41) is 4.13. The quantitative estimate of drug-likeness (QED) is 0.658. The van der Waals surface area contributed by atoms with Crippen LogP contribution in [-0.2, 0) is 4.79 Å². The lowest BCUT2D eigenvalue weighted by atomic mass is 9.91. The Morgan fingerprint density at radius 1 is 1.00 bits per heavy atom. The van der Waals surface area contributed by atoms with Gasteiger partial charge in [0.25, 0.3) is 5.91 Å². The molecule has 108 valence electrons. The number of hydrogen-bond donors (Lipinski definition) is 1. The van der Waals surface area contributed by atoms with Crippen molar-refractivity contribution in [3.8, 4) is 0 Å². The molecule has 21 heavy (non-hydrogen) atoms. The molecule has 0 aliphatic carbocycles. The zero-order valence-electron chi connectivity index (χ0n) is 12.4. The van der Waals surface area contributed by atoms with Crippen LogP contribution in [0, 0.1) is 0 Å². The molecule has 0 saturated heterocycles. The summed E-state index contributed by atoms with van der Waals surface area (Å²) in [6.45, 7) is 3.91. The second-order valence-electron chi connectivity index (χ2n) is 4.93. The van der Waals surface area contributed by atoms with E-state index in [0.29, 0.717) is 0 Å². The van der Waals surface area contributed by atoms with Gasteiger partial charge in [-0.15, -0.1) is 0 Å². The van der Waals surface area contributed by atoms with Gasteiger partial charge in [-0.25, -0.2) is 5.43 Å². The van der Waals surface area contributed by atoms with Crippen LogP contribution in [0.2, 0.25) is 0 Å². The average molecular weight is 280 g/mol. The third kappa shape index (κ3) is 4.02. The number of hydrazone groups is 1. The van der Waals surface area contributed by atoms with E-state index in [1.807, 2.05) is 74.5 Å². The minimum Gasteiger partial charge on any atom is -0.272 e. The number of benzene rings is 2. The van der Waals surface area contributed by atoms with Gasteiger partial charge in [0.2, 0.25) is 0 Å². The lowest BCUT2D eigenvalue weighted by Gasteiger charge is -2.16. The number of nitrogens with one attached hydrogen (secondary N) is 1. The van der Waals surface area contributed by atoms with E-state index in [1.54, 1.807) is 0 Å². The minimum absolute atomic E-state index is 0.111. The molecule has 2 aromatic carbocycles. The molecule has 1 N–H and O–H groups in total. The predicted octanol–water partition coefficient (Wildman–Crippen LogP) is 3.72. The molecular formula is C18H20N2O. The van der Waals surface area contributed by atoms with Crippen LogP contribution in [0.3, 0.4) is 0 Å². The summed E-state index contributed by atoms with van der Waals surface area (Å²) in [5.74, 6) is -0.457. The zero-order chi connectivity index (χ0) is 15.1. The number of hydrogen-bond acceptors (Lipinski definition) is 2. The van der Waals surface area contributed by atoms with Crippen molar-refractivity contribution in [1.29, 1.82) is 0 Å². The highest BCUT2D eigenvalue weighted by Crippen LogP contribution is 2.24. The van der Waals surface area contributed by atoms with Crippen LogP contribution in [-0.4, -0.2) is 11.6 Å². The van der Waals surface area contributed by atoms with E-state index in [-0.39, 0.29) is 11.8 Å². The van der Waals surface area contributed by atoms with Crippen LogP contribution in [0.5, 0.6) is 0 Å². The molecule has 0 saturated carbocycles. The summed E-state index contributed by atoms with van der Waals surface area (Å²) in [4.78, 5) is 12.5. The zero-order valence-corrected chi connectivity index (χ0v) is 12.4. The normalized spacial score (nSPS) is 11.5. The highest BCUT2D eigenvalue weighted by atomic mass is 16.2. The van der Waals surface area contributed by atoms with E-state index in [0.717, 1.165) is 23.3 Å². The summed E-state index contributed by atoms with van der Waals surface area (Å²) < 4.78 is 0. The Labute approximate surface area is 125 Å². The Balaban J connectivity index is 2.31. The molecule has 0 heterocycles. The number of nitrogens with zero attached hydrogens (tertiary/aromatic N) is 1. The van der Waals surface area contributed by atoms with Crippen LogP contribution < -0.4 is 5.43 Å². The lowest BCUT2D eigenvalue weighted by molar-refractivity contribution is -0.121. The first kappa shape index (κ1) is 15.0. The van der Waals surface area contributed by atoms with Crippen molar-refractivity contribution in [2.75, 3.05) is 0 Å². The molecule has 0 atom stereocenters. The third-order valence-corrected chi connectivity index (χ3v) is 3.40. The molecule has 2 rings (SSSR count). The van der Waals surface area contributed by atoms with Gasteiger partial charge in [-0.2, -0.15) is 5.10 Å². The molecule has 3 nitrogen and oxygen atoms in total. The molecule has 0 aromatic heterocycles. The molecule has 3 heteroatoms. The maximum Gasteiger partial charge on any atom is 0.252 e. The maximum absolute atomic E-state index is 12.5. The molecule has 1 amide bonds. The molecule has 0 fully saturated rings. The van der Waals surface area contributed by atoms with Crippen LogP contribution in [0.15, 0.2) is 65.8 Å². The summed E-state index contributed by atoms with van der Waals surface area (Å²) >= 11 is 0. The Bertz CT molecular complexity index is 566. The van der Waals surface area contributed by atoms with Gasteiger partial charge in [-0.05, 0) is 24.5 Å². The van der Waals surface area contributed by atoms with Gasteiger partial charge in [-0.1, -0.05) is 67.6 Å². The topological polar surface area (TPSA) is 41.5 Å². The molecule has 0 aliphatic heterocycles. The van der Waals surface area contributed by atoms with E-state index in [9.17, 15) is 4.79 Å². The molecular weight excluding hydrogens is 260 g/mol. The van der Waals surface area contributed by atoms with Crippen molar-refractivity contribution >= 4 is 11.6 Å². The van der Waals surface area contributed by atoms with E-state index >= 15 is 0 Å². The van der Waals surface area contributed by atoms with Crippen molar-refractivity contribution in [1.82, 2.24) is 5.43 Å². The maximum atomic E-state index is 12.5. The van der Waals surface area contributed by atoms with Gasteiger partial charge in [-0.3, -0.25) is 4.79 Å². The Kier molecular flexibility index (Phi) is 5.27. The van der Waals surface area contributed by atoms with E-state index in [4.69, 9.17) is 0 Å². The summed E-state index contributed by atoms with van der Waals surface area (Å²) in [6, 6.07) is 19.5. The highest BCUT2D eigenvalue weighted by Gasteiger charge is 2.22. The van der Waals surface area contributed by atoms with Gasteiger partial charge < -0.3 is 0 Å². The number of carbonyl (C=O) groups is 1. The molecule has 0 radical (unpaired) electrons. The van der Waals surface area contributed by atoms with Gasteiger partial charge >= 0.3 is 0 Å². The van der Waals surface area contributed by atoms with Crippen LogP contribution in [0.25, 0.3) is 0 Å².